The van der Waals surface area contributed by atoms with E-state index in [1.807, 2.05) is 0 Å². The van der Waals surface area contributed by atoms with Crippen molar-refractivity contribution in [1.82, 2.24) is 0 Å². The fourth-order valence-electron chi connectivity index (χ4n) is 7.08. The van der Waals surface area contributed by atoms with Gasteiger partial charge in [-0.3, -0.25) is 0 Å². The zero-order valence-electron chi connectivity index (χ0n) is 9.98. The van der Waals surface area contributed by atoms with Gasteiger partial charge in [0.1, 0.15) is 0 Å². The number of rotatable bonds is 0. The molecule has 0 aliphatic heterocycles. The Morgan fingerprint density at radius 3 is 1.00 bits per heavy atom. The standard InChI is InChI=1S/C14H22/c1-11-5-9-6-12(11,2)14(4)8-10(9)7-13(11,14)3/h9-10H,5-8H2,1-4H3. The van der Waals surface area contributed by atoms with Gasteiger partial charge in [-0.15, -0.1) is 0 Å². The molecular formula is C14H22. The second-order valence-corrected chi connectivity index (χ2v) is 7.67. The highest BCUT2D eigenvalue weighted by atomic mass is 14.9. The van der Waals surface area contributed by atoms with Crippen molar-refractivity contribution in [3.8, 4) is 0 Å². The first-order valence-corrected chi connectivity index (χ1v) is 6.38. The van der Waals surface area contributed by atoms with Gasteiger partial charge in [-0.1, -0.05) is 27.7 Å². The van der Waals surface area contributed by atoms with Gasteiger partial charge in [0.25, 0.3) is 0 Å². The van der Waals surface area contributed by atoms with E-state index < -0.39 is 0 Å². The Morgan fingerprint density at radius 1 is 0.571 bits per heavy atom. The van der Waals surface area contributed by atoms with E-state index in [-0.39, 0.29) is 0 Å². The van der Waals surface area contributed by atoms with Crippen LogP contribution < -0.4 is 0 Å². The van der Waals surface area contributed by atoms with Crippen molar-refractivity contribution < 1.29 is 0 Å². The molecule has 5 aliphatic carbocycles. The molecule has 6 bridgehead atoms. The van der Waals surface area contributed by atoms with Gasteiger partial charge in [-0.2, -0.15) is 0 Å². The van der Waals surface area contributed by atoms with E-state index in [1.165, 1.54) is 0 Å². The van der Waals surface area contributed by atoms with Crippen molar-refractivity contribution in [3.63, 3.8) is 0 Å². The molecule has 0 heterocycles. The van der Waals surface area contributed by atoms with E-state index in [4.69, 9.17) is 0 Å². The summed E-state index contributed by atoms with van der Waals surface area (Å²) < 4.78 is 0. The van der Waals surface area contributed by atoms with Crippen molar-refractivity contribution in [3.05, 3.63) is 0 Å². The summed E-state index contributed by atoms with van der Waals surface area (Å²) >= 11 is 0. The molecule has 0 aromatic rings. The maximum Gasteiger partial charge on any atom is -0.0204 e. The van der Waals surface area contributed by atoms with Crippen molar-refractivity contribution in [1.29, 1.82) is 0 Å². The van der Waals surface area contributed by atoms with Crippen LogP contribution >= 0.6 is 0 Å². The molecule has 5 aliphatic rings. The normalized spacial score (nSPS) is 78.0. The summed E-state index contributed by atoms with van der Waals surface area (Å²) in [6.45, 7) is 10.4. The fraction of sp³-hybridized carbons (Fsp3) is 1.00. The first kappa shape index (κ1) is 8.19. The van der Waals surface area contributed by atoms with Crippen LogP contribution in [0, 0.1) is 33.5 Å². The van der Waals surface area contributed by atoms with Gasteiger partial charge in [-0.05, 0) is 59.2 Å². The van der Waals surface area contributed by atoms with Crippen molar-refractivity contribution in [2.24, 2.45) is 33.5 Å². The third kappa shape index (κ3) is 0.403. The summed E-state index contributed by atoms with van der Waals surface area (Å²) in [6.07, 6.45) is 6.22. The minimum absolute atomic E-state index is 0.701. The molecule has 0 saturated heterocycles. The van der Waals surface area contributed by atoms with Crippen molar-refractivity contribution in [2.75, 3.05) is 0 Å². The van der Waals surface area contributed by atoms with E-state index in [9.17, 15) is 0 Å². The summed E-state index contributed by atoms with van der Waals surface area (Å²) in [4.78, 5) is 0. The van der Waals surface area contributed by atoms with Gasteiger partial charge in [0, 0.05) is 0 Å². The van der Waals surface area contributed by atoms with Gasteiger partial charge in [-0.25, -0.2) is 0 Å². The quantitative estimate of drug-likeness (QED) is 0.544. The fourth-order valence-corrected chi connectivity index (χ4v) is 7.08. The Morgan fingerprint density at radius 2 is 0.786 bits per heavy atom. The molecule has 0 radical (unpaired) electrons. The molecule has 0 spiro atoms. The van der Waals surface area contributed by atoms with Crippen molar-refractivity contribution >= 4 is 0 Å². The summed E-state index contributed by atoms with van der Waals surface area (Å²) in [5.74, 6) is 2.21. The summed E-state index contributed by atoms with van der Waals surface area (Å²) in [5, 5.41) is 0. The highest BCUT2D eigenvalue weighted by Crippen LogP contribution is 2.94. The first-order chi connectivity index (χ1) is 6.38. The molecule has 0 N–H and O–H groups in total. The minimum Gasteiger partial charge on any atom is -0.0585 e. The Hall–Kier alpha value is 0. The van der Waals surface area contributed by atoms with Gasteiger partial charge in [0.2, 0.25) is 0 Å². The van der Waals surface area contributed by atoms with E-state index >= 15 is 0 Å². The molecule has 5 saturated carbocycles. The molecule has 0 aromatic carbocycles. The van der Waals surface area contributed by atoms with Crippen LogP contribution in [0.15, 0.2) is 0 Å². The lowest BCUT2D eigenvalue weighted by Gasteiger charge is -2.76. The predicted molar refractivity (Wildman–Crippen MR) is 57.9 cm³/mol. The lowest BCUT2D eigenvalue weighted by Crippen LogP contribution is -2.70. The zero-order valence-corrected chi connectivity index (χ0v) is 9.98. The largest absolute Gasteiger partial charge is 0.0585 e. The third-order valence-corrected chi connectivity index (χ3v) is 8.22. The molecule has 0 heteroatoms. The molecule has 0 amide bonds. The second kappa shape index (κ2) is 1.62. The van der Waals surface area contributed by atoms with Crippen LogP contribution in [0.3, 0.4) is 0 Å². The Labute approximate surface area is 87.5 Å². The van der Waals surface area contributed by atoms with Gasteiger partial charge >= 0.3 is 0 Å². The molecule has 0 nitrogen and oxygen atoms in total. The summed E-state index contributed by atoms with van der Waals surface area (Å²) in [5.41, 5.74) is 2.80. The van der Waals surface area contributed by atoms with E-state index in [0.717, 1.165) is 11.8 Å². The van der Waals surface area contributed by atoms with Crippen LogP contribution in [-0.4, -0.2) is 0 Å². The summed E-state index contributed by atoms with van der Waals surface area (Å²) in [6, 6.07) is 0. The lowest BCUT2D eigenvalue weighted by atomic mass is 9.28. The average Bonchev–Trinajstić information content (AvgIpc) is 2.42. The molecule has 0 unspecified atom stereocenters. The third-order valence-electron chi connectivity index (χ3n) is 8.22. The van der Waals surface area contributed by atoms with E-state index in [0.29, 0.717) is 21.7 Å². The van der Waals surface area contributed by atoms with Crippen LogP contribution in [0.1, 0.15) is 53.4 Å². The van der Waals surface area contributed by atoms with Crippen molar-refractivity contribution in [2.45, 2.75) is 53.4 Å². The molecule has 5 rings (SSSR count). The first-order valence-electron chi connectivity index (χ1n) is 6.38. The topological polar surface area (TPSA) is 0 Å². The molecule has 14 heavy (non-hydrogen) atoms. The molecular weight excluding hydrogens is 168 g/mol. The highest BCUT2D eigenvalue weighted by molar-refractivity contribution is 5.35. The predicted octanol–water partition coefficient (Wildman–Crippen LogP) is 3.86. The molecule has 0 aromatic heterocycles. The maximum absolute atomic E-state index is 2.61. The Kier molecular flexibility index (Phi) is 0.947. The average molecular weight is 190 g/mol. The number of hydrogen-bond acceptors (Lipinski definition) is 0. The van der Waals surface area contributed by atoms with Crippen LogP contribution in [0.25, 0.3) is 0 Å². The monoisotopic (exact) mass is 190 g/mol. The molecule has 5 fully saturated rings. The van der Waals surface area contributed by atoms with E-state index in [2.05, 4.69) is 27.7 Å². The van der Waals surface area contributed by atoms with Gasteiger partial charge < -0.3 is 0 Å². The van der Waals surface area contributed by atoms with Crippen LogP contribution in [-0.2, 0) is 0 Å². The smallest absolute Gasteiger partial charge is 0.0204 e. The maximum atomic E-state index is 2.61. The molecule has 78 valence electrons. The summed E-state index contributed by atoms with van der Waals surface area (Å²) in [7, 11) is 0. The van der Waals surface area contributed by atoms with E-state index in [1.54, 1.807) is 25.7 Å². The zero-order chi connectivity index (χ0) is 9.98. The van der Waals surface area contributed by atoms with Crippen LogP contribution in [0.4, 0.5) is 0 Å². The minimum atomic E-state index is 0.701. The van der Waals surface area contributed by atoms with Crippen LogP contribution in [0.5, 0.6) is 0 Å². The SMILES string of the molecule is CC12CC3CC1(C)C1(C)CC3CC21C. The number of hydrogen-bond donors (Lipinski definition) is 0. The van der Waals surface area contributed by atoms with Gasteiger partial charge in [0.05, 0.1) is 0 Å². The second-order valence-electron chi connectivity index (χ2n) is 7.67. The molecule has 0 atom stereocenters. The lowest BCUT2D eigenvalue weighted by molar-refractivity contribution is -0.283. The Bertz CT molecular complexity index is 264. The Balaban J connectivity index is 2.03. The highest BCUT2D eigenvalue weighted by Gasteiger charge is 2.87. The van der Waals surface area contributed by atoms with Crippen LogP contribution in [0.2, 0.25) is 0 Å². The van der Waals surface area contributed by atoms with Gasteiger partial charge in [0.15, 0.2) is 0 Å².